The van der Waals surface area contributed by atoms with Crippen molar-refractivity contribution in [3.8, 4) is 5.75 Å². The molecule has 1 aromatic carbocycles. The molecule has 1 unspecified atom stereocenters. The fourth-order valence-corrected chi connectivity index (χ4v) is 2.59. The second kappa shape index (κ2) is 5.27. The number of hydrogen-bond acceptors (Lipinski definition) is 2. The van der Waals surface area contributed by atoms with Crippen LogP contribution in [0.1, 0.15) is 21.7 Å². The Balaban J connectivity index is 2.42. The van der Waals surface area contributed by atoms with Gasteiger partial charge in [0.05, 0.1) is 7.11 Å². The number of benzene rings is 1. The maximum atomic E-state index is 5.55. The topological polar surface area (TPSA) is 22.4 Å². The van der Waals surface area contributed by atoms with Crippen molar-refractivity contribution in [3.63, 3.8) is 0 Å². The summed E-state index contributed by atoms with van der Waals surface area (Å²) in [7, 11) is 1.67. The van der Waals surface area contributed by atoms with Crippen molar-refractivity contribution in [2.45, 2.75) is 11.8 Å². The molecule has 0 saturated heterocycles. The first-order chi connectivity index (χ1) is 8.11. The van der Waals surface area contributed by atoms with Gasteiger partial charge in [0.25, 0.3) is 0 Å². The molecule has 1 atom stereocenters. The first-order valence-electron chi connectivity index (χ1n) is 5.15. The average Bonchev–Trinajstić information content (AvgIpc) is 2.75. The van der Waals surface area contributed by atoms with Gasteiger partial charge < -0.3 is 9.15 Å². The fraction of sp³-hybridized carbons (Fsp3) is 0.231. The minimum absolute atomic E-state index is 0.0105. The van der Waals surface area contributed by atoms with Crippen molar-refractivity contribution in [1.82, 2.24) is 0 Å². The number of methoxy groups -OCH3 is 1. The van der Waals surface area contributed by atoms with Gasteiger partial charge in [-0.15, -0.1) is 0 Å². The molecule has 17 heavy (non-hydrogen) atoms. The lowest BCUT2D eigenvalue weighted by Crippen LogP contribution is -1.96. The molecule has 2 rings (SSSR count). The van der Waals surface area contributed by atoms with E-state index < -0.39 is 0 Å². The maximum Gasteiger partial charge on any atom is 0.169 e. The summed E-state index contributed by atoms with van der Waals surface area (Å²) in [6, 6.07) is 9.91. The van der Waals surface area contributed by atoms with E-state index in [0.29, 0.717) is 0 Å². The molecule has 4 heteroatoms. The summed E-state index contributed by atoms with van der Waals surface area (Å²) in [5.41, 5.74) is 2.25. The van der Waals surface area contributed by atoms with E-state index >= 15 is 0 Å². The molecule has 0 aliphatic rings. The molecule has 0 spiro atoms. The lowest BCUT2D eigenvalue weighted by atomic mass is 10.1. The number of hydrogen-bond donors (Lipinski definition) is 0. The molecule has 0 fully saturated rings. The summed E-state index contributed by atoms with van der Waals surface area (Å²) in [6.45, 7) is 2.06. The first kappa shape index (κ1) is 12.7. The Morgan fingerprint density at radius 2 is 2.00 bits per heavy atom. The van der Waals surface area contributed by atoms with Crippen LogP contribution < -0.4 is 4.74 Å². The van der Waals surface area contributed by atoms with Gasteiger partial charge in [0.2, 0.25) is 0 Å². The van der Waals surface area contributed by atoms with Crippen LogP contribution in [0.4, 0.5) is 0 Å². The molecule has 90 valence electrons. The Labute approximate surface area is 117 Å². The number of rotatable bonds is 3. The molecule has 0 aliphatic heterocycles. The highest BCUT2D eigenvalue weighted by Gasteiger charge is 2.18. The average molecular weight is 360 g/mol. The van der Waals surface area contributed by atoms with Crippen LogP contribution in [0, 0.1) is 6.92 Å². The fourth-order valence-electron chi connectivity index (χ4n) is 1.67. The second-order valence-corrected chi connectivity index (χ2v) is 5.45. The molecule has 0 bridgehead atoms. The van der Waals surface area contributed by atoms with Crippen LogP contribution >= 0.6 is 31.9 Å². The Hall–Kier alpha value is -0.740. The SMILES string of the molecule is COc1ccc(C)cc1C(Br)c1ccc(Br)o1. The highest BCUT2D eigenvalue weighted by molar-refractivity contribution is 9.10. The number of halogens is 2. The van der Waals surface area contributed by atoms with E-state index in [1.165, 1.54) is 5.56 Å². The summed E-state index contributed by atoms with van der Waals surface area (Å²) in [5.74, 6) is 1.70. The van der Waals surface area contributed by atoms with Gasteiger partial charge in [-0.2, -0.15) is 0 Å². The maximum absolute atomic E-state index is 5.55. The van der Waals surface area contributed by atoms with Gasteiger partial charge in [-0.05, 0) is 41.1 Å². The number of aryl methyl sites for hydroxylation is 1. The third-order valence-corrected chi connectivity index (χ3v) is 3.87. The molecule has 1 aromatic heterocycles. The van der Waals surface area contributed by atoms with Crippen molar-refractivity contribution in [2.24, 2.45) is 0 Å². The minimum atomic E-state index is -0.0105. The van der Waals surface area contributed by atoms with Crippen LogP contribution in [0.25, 0.3) is 0 Å². The molecule has 0 radical (unpaired) electrons. The number of alkyl halides is 1. The van der Waals surface area contributed by atoms with Gasteiger partial charge >= 0.3 is 0 Å². The summed E-state index contributed by atoms with van der Waals surface area (Å²) in [4.78, 5) is -0.0105. The smallest absolute Gasteiger partial charge is 0.169 e. The van der Waals surface area contributed by atoms with Crippen LogP contribution in [0.15, 0.2) is 39.4 Å². The minimum Gasteiger partial charge on any atom is -0.496 e. The lowest BCUT2D eigenvalue weighted by molar-refractivity contribution is 0.408. The van der Waals surface area contributed by atoms with Crippen molar-refractivity contribution in [3.05, 3.63) is 51.9 Å². The molecule has 1 heterocycles. The van der Waals surface area contributed by atoms with E-state index in [-0.39, 0.29) is 4.83 Å². The zero-order valence-electron chi connectivity index (χ0n) is 9.54. The number of furan rings is 1. The van der Waals surface area contributed by atoms with E-state index in [0.717, 1.165) is 21.7 Å². The van der Waals surface area contributed by atoms with E-state index in [4.69, 9.17) is 9.15 Å². The second-order valence-electron chi connectivity index (χ2n) is 3.75. The summed E-state index contributed by atoms with van der Waals surface area (Å²) in [6.07, 6.45) is 0. The predicted octanol–water partition coefficient (Wildman–Crippen LogP) is 4.84. The first-order valence-corrected chi connectivity index (χ1v) is 6.86. The van der Waals surface area contributed by atoms with E-state index in [2.05, 4.69) is 44.8 Å². The van der Waals surface area contributed by atoms with Gasteiger partial charge in [-0.25, -0.2) is 0 Å². The van der Waals surface area contributed by atoms with Gasteiger partial charge in [0, 0.05) is 5.56 Å². The van der Waals surface area contributed by atoms with Crippen LogP contribution in [0.3, 0.4) is 0 Å². The zero-order chi connectivity index (χ0) is 12.4. The summed E-state index contributed by atoms with van der Waals surface area (Å²) in [5, 5.41) is 0. The Kier molecular flexibility index (Phi) is 3.94. The van der Waals surface area contributed by atoms with Gasteiger partial charge in [-0.3, -0.25) is 0 Å². The van der Waals surface area contributed by atoms with Gasteiger partial charge in [0.1, 0.15) is 16.3 Å². The third kappa shape index (κ3) is 2.75. The van der Waals surface area contributed by atoms with Crippen LogP contribution in [-0.2, 0) is 0 Å². The Morgan fingerprint density at radius 3 is 2.59 bits per heavy atom. The van der Waals surface area contributed by atoms with E-state index in [1.807, 2.05) is 24.3 Å². The molecule has 0 amide bonds. The van der Waals surface area contributed by atoms with Crippen molar-refractivity contribution < 1.29 is 9.15 Å². The molecule has 0 N–H and O–H groups in total. The molecular formula is C13H12Br2O2. The summed E-state index contributed by atoms with van der Waals surface area (Å²) < 4.78 is 11.6. The van der Waals surface area contributed by atoms with Gasteiger partial charge in [-0.1, -0.05) is 33.6 Å². The van der Waals surface area contributed by atoms with Crippen LogP contribution in [-0.4, -0.2) is 7.11 Å². The number of ether oxygens (including phenoxy) is 1. The predicted molar refractivity (Wildman–Crippen MR) is 74.9 cm³/mol. The highest BCUT2D eigenvalue weighted by atomic mass is 79.9. The lowest BCUT2D eigenvalue weighted by Gasteiger charge is -2.13. The van der Waals surface area contributed by atoms with Crippen LogP contribution in [0.5, 0.6) is 5.75 Å². The quantitative estimate of drug-likeness (QED) is 0.731. The molecule has 0 saturated carbocycles. The highest BCUT2D eigenvalue weighted by Crippen LogP contribution is 2.38. The molecule has 2 aromatic rings. The Bertz CT molecular complexity index is 520. The van der Waals surface area contributed by atoms with E-state index in [1.54, 1.807) is 7.11 Å². The normalized spacial score (nSPS) is 12.5. The van der Waals surface area contributed by atoms with Crippen molar-refractivity contribution in [1.29, 1.82) is 0 Å². The largest absolute Gasteiger partial charge is 0.496 e. The van der Waals surface area contributed by atoms with Gasteiger partial charge in [0.15, 0.2) is 4.67 Å². The summed E-state index contributed by atoms with van der Waals surface area (Å²) >= 11 is 6.94. The zero-order valence-corrected chi connectivity index (χ0v) is 12.7. The Morgan fingerprint density at radius 1 is 1.24 bits per heavy atom. The van der Waals surface area contributed by atoms with Crippen LogP contribution in [0.2, 0.25) is 0 Å². The molecule has 0 aliphatic carbocycles. The molecular weight excluding hydrogens is 348 g/mol. The standard InChI is InChI=1S/C13H12Br2O2/c1-8-3-4-10(16-2)9(7-8)13(15)11-5-6-12(14)17-11/h3-7,13H,1-2H3. The van der Waals surface area contributed by atoms with E-state index in [9.17, 15) is 0 Å². The van der Waals surface area contributed by atoms with Crippen molar-refractivity contribution in [2.75, 3.05) is 7.11 Å². The monoisotopic (exact) mass is 358 g/mol. The molecule has 2 nitrogen and oxygen atoms in total. The van der Waals surface area contributed by atoms with Crippen molar-refractivity contribution >= 4 is 31.9 Å². The third-order valence-electron chi connectivity index (χ3n) is 2.50.